The van der Waals surface area contributed by atoms with E-state index in [4.69, 9.17) is 16.3 Å². The van der Waals surface area contributed by atoms with Crippen molar-refractivity contribution in [2.24, 2.45) is 0 Å². The highest BCUT2D eigenvalue weighted by molar-refractivity contribution is 7.21. The molecule has 124 valence electrons. The van der Waals surface area contributed by atoms with Gasteiger partial charge in [-0.2, -0.15) is 0 Å². The summed E-state index contributed by atoms with van der Waals surface area (Å²) in [6.07, 6.45) is 1.12. The lowest BCUT2D eigenvalue weighted by molar-refractivity contribution is 0.103. The fraction of sp³-hybridized carbons (Fsp3) is 0.211. The Labute approximate surface area is 150 Å². The standard InChI is InChI=1S/C19H18ClNO2S/c1-3-12(2)23-14-10-8-13(9-11-14)21-19(22)18-17(20)15-6-4-5-7-16(15)24-18/h4-12H,3H2,1-2H3,(H,21,22). The molecule has 1 N–H and O–H groups in total. The smallest absolute Gasteiger partial charge is 0.267 e. The predicted molar refractivity (Wildman–Crippen MR) is 102 cm³/mol. The van der Waals surface area contributed by atoms with Crippen LogP contribution in [-0.2, 0) is 0 Å². The topological polar surface area (TPSA) is 38.3 Å². The first-order valence-corrected chi connectivity index (χ1v) is 9.03. The van der Waals surface area contributed by atoms with Gasteiger partial charge in [-0.15, -0.1) is 11.3 Å². The molecule has 0 aliphatic heterocycles. The molecule has 0 saturated carbocycles. The second-order valence-corrected chi connectivity index (χ2v) is 6.99. The lowest BCUT2D eigenvalue weighted by atomic mass is 10.2. The van der Waals surface area contributed by atoms with Crippen LogP contribution in [0, 0.1) is 0 Å². The average Bonchev–Trinajstić information content (AvgIpc) is 2.94. The molecular formula is C19H18ClNO2S. The highest BCUT2D eigenvalue weighted by Crippen LogP contribution is 2.35. The Morgan fingerprint density at radius 3 is 2.58 bits per heavy atom. The molecule has 3 aromatic rings. The molecule has 2 aromatic carbocycles. The molecule has 1 heterocycles. The summed E-state index contributed by atoms with van der Waals surface area (Å²) in [7, 11) is 0. The third-order valence-corrected chi connectivity index (χ3v) is 5.44. The zero-order valence-corrected chi connectivity index (χ0v) is 15.1. The zero-order valence-electron chi connectivity index (χ0n) is 13.5. The van der Waals surface area contributed by atoms with E-state index in [1.54, 1.807) is 0 Å². The maximum Gasteiger partial charge on any atom is 0.267 e. The normalized spacial score (nSPS) is 12.1. The number of fused-ring (bicyclic) bond motifs is 1. The average molecular weight is 360 g/mol. The first kappa shape index (κ1) is 16.8. The van der Waals surface area contributed by atoms with Crippen LogP contribution in [-0.4, -0.2) is 12.0 Å². The number of anilines is 1. The molecule has 0 saturated heterocycles. The van der Waals surface area contributed by atoms with Gasteiger partial charge in [-0.25, -0.2) is 0 Å². The molecule has 1 atom stereocenters. The van der Waals surface area contributed by atoms with Crippen LogP contribution in [0.1, 0.15) is 29.9 Å². The monoisotopic (exact) mass is 359 g/mol. The van der Waals surface area contributed by atoms with Gasteiger partial charge in [-0.1, -0.05) is 36.7 Å². The number of ether oxygens (including phenoxy) is 1. The van der Waals surface area contributed by atoms with E-state index in [1.807, 2.05) is 55.5 Å². The Hall–Kier alpha value is -2.04. The SMILES string of the molecule is CCC(C)Oc1ccc(NC(=O)c2sc3ccccc3c2Cl)cc1. The van der Waals surface area contributed by atoms with Crippen molar-refractivity contribution in [2.75, 3.05) is 5.32 Å². The quantitative estimate of drug-likeness (QED) is 0.608. The molecule has 5 heteroatoms. The summed E-state index contributed by atoms with van der Waals surface area (Å²) in [6.45, 7) is 4.10. The number of benzene rings is 2. The highest BCUT2D eigenvalue weighted by atomic mass is 35.5. The number of hydrogen-bond acceptors (Lipinski definition) is 3. The van der Waals surface area contributed by atoms with Crippen molar-refractivity contribution in [1.82, 2.24) is 0 Å². The van der Waals surface area contributed by atoms with Gasteiger partial charge in [-0.05, 0) is 43.7 Å². The maximum atomic E-state index is 12.5. The number of nitrogens with one attached hydrogen (secondary N) is 1. The first-order valence-electron chi connectivity index (χ1n) is 7.83. The van der Waals surface area contributed by atoms with E-state index in [0.717, 1.165) is 22.3 Å². The molecule has 0 spiro atoms. The molecule has 3 nitrogen and oxygen atoms in total. The first-order chi connectivity index (χ1) is 11.6. The number of halogens is 1. The minimum Gasteiger partial charge on any atom is -0.491 e. The summed E-state index contributed by atoms with van der Waals surface area (Å²) in [5.74, 6) is 0.596. The van der Waals surface area contributed by atoms with Gasteiger partial charge in [-0.3, -0.25) is 4.79 Å². The van der Waals surface area contributed by atoms with Gasteiger partial charge in [0, 0.05) is 15.8 Å². The fourth-order valence-electron chi connectivity index (χ4n) is 2.28. The predicted octanol–water partition coefficient (Wildman–Crippen LogP) is 5.98. The van der Waals surface area contributed by atoms with Gasteiger partial charge in [0.15, 0.2) is 0 Å². The van der Waals surface area contributed by atoms with E-state index in [2.05, 4.69) is 12.2 Å². The summed E-state index contributed by atoms with van der Waals surface area (Å²) >= 11 is 7.74. The maximum absolute atomic E-state index is 12.5. The van der Waals surface area contributed by atoms with Gasteiger partial charge in [0.1, 0.15) is 10.6 Å². The van der Waals surface area contributed by atoms with Crippen LogP contribution in [0.25, 0.3) is 10.1 Å². The Kier molecular flexibility index (Phi) is 5.07. The molecule has 1 aromatic heterocycles. The number of carbonyl (C=O) groups is 1. The van der Waals surface area contributed by atoms with Gasteiger partial charge in [0.05, 0.1) is 11.1 Å². The van der Waals surface area contributed by atoms with Crippen LogP contribution in [0.5, 0.6) is 5.75 Å². The van der Waals surface area contributed by atoms with Crippen molar-refractivity contribution in [3.8, 4) is 5.75 Å². The Bertz CT molecular complexity index is 857. The van der Waals surface area contributed by atoms with Crippen molar-refractivity contribution >= 4 is 44.6 Å². The van der Waals surface area contributed by atoms with Crippen LogP contribution < -0.4 is 10.1 Å². The summed E-state index contributed by atoms with van der Waals surface area (Å²) < 4.78 is 6.74. The summed E-state index contributed by atoms with van der Waals surface area (Å²) in [6, 6.07) is 15.1. The largest absolute Gasteiger partial charge is 0.491 e. The van der Waals surface area contributed by atoms with E-state index < -0.39 is 0 Å². The molecule has 1 amide bonds. The fourth-order valence-corrected chi connectivity index (χ4v) is 3.69. The van der Waals surface area contributed by atoms with E-state index in [1.165, 1.54) is 11.3 Å². The van der Waals surface area contributed by atoms with Crippen molar-refractivity contribution in [3.63, 3.8) is 0 Å². The highest BCUT2D eigenvalue weighted by Gasteiger charge is 2.17. The van der Waals surface area contributed by atoms with Crippen LogP contribution in [0.3, 0.4) is 0 Å². The summed E-state index contributed by atoms with van der Waals surface area (Å²) in [5.41, 5.74) is 0.713. The third kappa shape index (κ3) is 3.55. The van der Waals surface area contributed by atoms with Crippen LogP contribution in [0.15, 0.2) is 48.5 Å². The van der Waals surface area contributed by atoms with Crippen LogP contribution in [0.2, 0.25) is 5.02 Å². The molecule has 3 rings (SSSR count). The lowest BCUT2D eigenvalue weighted by Crippen LogP contribution is -2.11. The molecule has 0 bridgehead atoms. The minimum atomic E-state index is -0.197. The molecule has 0 aliphatic carbocycles. The number of amides is 1. The van der Waals surface area contributed by atoms with Crippen LogP contribution in [0.4, 0.5) is 5.69 Å². The minimum absolute atomic E-state index is 0.169. The summed E-state index contributed by atoms with van der Waals surface area (Å²) in [5, 5.41) is 4.30. The van der Waals surface area contributed by atoms with E-state index in [9.17, 15) is 4.79 Å². The molecule has 1 unspecified atom stereocenters. The molecule has 24 heavy (non-hydrogen) atoms. The Morgan fingerprint density at radius 1 is 1.21 bits per heavy atom. The van der Waals surface area contributed by atoms with E-state index >= 15 is 0 Å². The number of hydrogen-bond donors (Lipinski definition) is 1. The number of rotatable bonds is 5. The number of carbonyl (C=O) groups excluding carboxylic acids is 1. The lowest BCUT2D eigenvalue weighted by Gasteiger charge is -2.13. The van der Waals surface area contributed by atoms with Crippen molar-refractivity contribution in [2.45, 2.75) is 26.4 Å². The van der Waals surface area contributed by atoms with Crippen molar-refractivity contribution < 1.29 is 9.53 Å². The van der Waals surface area contributed by atoms with Gasteiger partial charge in [0.25, 0.3) is 5.91 Å². The van der Waals surface area contributed by atoms with Crippen molar-refractivity contribution in [3.05, 3.63) is 58.4 Å². The molecule has 0 aliphatic rings. The van der Waals surface area contributed by atoms with E-state index in [0.29, 0.717) is 15.6 Å². The Balaban J connectivity index is 1.75. The van der Waals surface area contributed by atoms with E-state index in [-0.39, 0.29) is 12.0 Å². The van der Waals surface area contributed by atoms with Crippen molar-refractivity contribution in [1.29, 1.82) is 0 Å². The second kappa shape index (κ2) is 7.24. The number of thiophene rings is 1. The second-order valence-electron chi connectivity index (χ2n) is 5.56. The van der Waals surface area contributed by atoms with Gasteiger partial charge in [0.2, 0.25) is 0 Å². The van der Waals surface area contributed by atoms with Crippen LogP contribution >= 0.6 is 22.9 Å². The van der Waals surface area contributed by atoms with Gasteiger partial charge >= 0.3 is 0 Å². The zero-order chi connectivity index (χ0) is 17.1. The molecule has 0 radical (unpaired) electrons. The Morgan fingerprint density at radius 2 is 1.92 bits per heavy atom. The summed E-state index contributed by atoms with van der Waals surface area (Å²) in [4.78, 5) is 13.0. The molecular weight excluding hydrogens is 342 g/mol. The van der Waals surface area contributed by atoms with Gasteiger partial charge < -0.3 is 10.1 Å². The third-order valence-electron chi connectivity index (χ3n) is 3.77. The molecule has 0 fully saturated rings.